The monoisotopic (exact) mass is 695 g/mol. The molecule has 4 rings (SSSR count). The second kappa shape index (κ2) is 16.2. The molecular weight excluding hydrogens is 657 g/mol. The first-order valence-electron chi connectivity index (χ1n) is 15.3. The maximum absolute atomic E-state index is 14.6. The lowest BCUT2D eigenvalue weighted by molar-refractivity contribution is -0.140. The molecule has 8 nitrogen and oxygen atoms in total. The van der Waals surface area contributed by atoms with Gasteiger partial charge in [0.1, 0.15) is 18.3 Å². The van der Waals surface area contributed by atoms with Crippen LogP contribution < -0.4 is 14.4 Å². The Labute approximate surface area is 287 Å². The van der Waals surface area contributed by atoms with Crippen molar-refractivity contribution >= 4 is 50.7 Å². The number of hydrogen-bond acceptors (Lipinski definition) is 5. The van der Waals surface area contributed by atoms with Crippen LogP contribution in [0.25, 0.3) is 0 Å². The summed E-state index contributed by atoms with van der Waals surface area (Å²) in [5.74, 6) is -0.486. The fourth-order valence-corrected chi connectivity index (χ4v) is 6.96. The molecule has 0 radical (unpaired) electrons. The van der Waals surface area contributed by atoms with Crippen LogP contribution >= 0.6 is 23.2 Å². The first-order valence-corrected chi connectivity index (χ1v) is 17.5. The number of amides is 2. The highest BCUT2D eigenvalue weighted by molar-refractivity contribution is 7.92. The predicted molar refractivity (Wildman–Crippen MR) is 188 cm³/mol. The molecule has 1 atom stereocenters. The van der Waals surface area contributed by atoms with Crippen molar-refractivity contribution in [1.82, 2.24) is 10.2 Å². The number of anilines is 1. The van der Waals surface area contributed by atoms with Gasteiger partial charge in [-0.3, -0.25) is 13.9 Å². The topological polar surface area (TPSA) is 96.0 Å². The molecule has 4 aromatic carbocycles. The summed E-state index contributed by atoms with van der Waals surface area (Å²) in [7, 11) is -4.26. The van der Waals surface area contributed by atoms with Gasteiger partial charge in [0.25, 0.3) is 10.0 Å². The molecule has 2 amide bonds. The molecule has 0 spiro atoms. The fraction of sp³-hybridized carbons (Fsp3) is 0.278. The summed E-state index contributed by atoms with van der Waals surface area (Å²) in [6.45, 7) is 7.08. The van der Waals surface area contributed by atoms with E-state index in [4.69, 9.17) is 27.9 Å². The molecule has 0 unspecified atom stereocenters. The van der Waals surface area contributed by atoms with E-state index in [-0.39, 0.29) is 23.9 Å². The zero-order chi connectivity index (χ0) is 34.1. The van der Waals surface area contributed by atoms with Crippen molar-refractivity contribution in [2.24, 2.45) is 0 Å². The maximum atomic E-state index is 14.6. The Morgan fingerprint density at radius 3 is 2.04 bits per heavy atom. The smallest absolute Gasteiger partial charge is 0.264 e. The van der Waals surface area contributed by atoms with Crippen molar-refractivity contribution in [3.8, 4) is 5.75 Å². The van der Waals surface area contributed by atoms with Crippen molar-refractivity contribution in [3.63, 3.8) is 0 Å². The van der Waals surface area contributed by atoms with Gasteiger partial charge in [0, 0.05) is 34.6 Å². The van der Waals surface area contributed by atoms with Crippen LogP contribution in [0.4, 0.5) is 5.69 Å². The standard InChI is InChI=1S/C36H39Cl2N3O5S/c1-5-46-29-18-20-30(21-19-29)47(44,45)41(28-16-14-26(4)15-17-28)24-35(42)40(23-31-32(37)12-9-13-33(31)38)34(36(43)39-25(2)3)22-27-10-7-6-8-11-27/h6-21,25,34H,5,22-24H2,1-4H3,(H,39,43)/t34-/m1/s1. The van der Waals surface area contributed by atoms with Crippen molar-refractivity contribution in [1.29, 1.82) is 0 Å². The third-order valence-electron chi connectivity index (χ3n) is 7.42. The summed E-state index contributed by atoms with van der Waals surface area (Å²) < 4.78 is 35.1. The third kappa shape index (κ3) is 9.28. The van der Waals surface area contributed by atoms with Gasteiger partial charge in [0.15, 0.2) is 0 Å². The van der Waals surface area contributed by atoms with Gasteiger partial charge in [-0.1, -0.05) is 77.3 Å². The average Bonchev–Trinajstić information content (AvgIpc) is 3.03. The van der Waals surface area contributed by atoms with E-state index in [1.165, 1.54) is 17.0 Å². The van der Waals surface area contributed by atoms with Crippen LogP contribution in [-0.2, 0) is 32.6 Å². The molecule has 0 aromatic heterocycles. The van der Waals surface area contributed by atoms with E-state index < -0.39 is 34.4 Å². The Morgan fingerprint density at radius 2 is 1.47 bits per heavy atom. The third-order valence-corrected chi connectivity index (χ3v) is 9.91. The molecule has 248 valence electrons. The van der Waals surface area contributed by atoms with E-state index in [1.807, 2.05) is 58.0 Å². The number of carbonyl (C=O) groups is 2. The normalized spacial score (nSPS) is 12.0. The number of aryl methyl sites for hydroxylation is 1. The number of nitrogens with one attached hydrogen (secondary N) is 1. The average molecular weight is 697 g/mol. The first-order chi connectivity index (χ1) is 22.4. The highest BCUT2D eigenvalue weighted by atomic mass is 35.5. The molecular formula is C36H39Cl2N3O5S. The number of carbonyl (C=O) groups excluding carboxylic acids is 2. The Hall–Kier alpha value is -4.05. The largest absolute Gasteiger partial charge is 0.494 e. The van der Waals surface area contributed by atoms with Gasteiger partial charge in [-0.2, -0.15) is 0 Å². The van der Waals surface area contributed by atoms with Crippen molar-refractivity contribution in [2.75, 3.05) is 17.5 Å². The Kier molecular flexibility index (Phi) is 12.3. The number of ether oxygens (including phenoxy) is 1. The lowest BCUT2D eigenvalue weighted by Gasteiger charge is -2.34. The van der Waals surface area contributed by atoms with E-state index in [0.717, 1.165) is 15.4 Å². The van der Waals surface area contributed by atoms with Crippen LogP contribution in [0.1, 0.15) is 37.5 Å². The van der Waals surface area contributed by atoms with Crippen LogP contribution in [0.5, 0.6) is 5.75 Å². The van der Waals surface area contributed by atoms with Gasteiger partial charge in [0.2, 0.25) is 11.8 Å². The van der Waals surface area contributed by atoms with Crippen LogP contribution in [-0.4, -0.2) is 50.4 Å². The molecule has 0 bridgehead atoms. The van der Waals surface area contributed by atoms with Gasteiger partial charge in [-0.15, -0.1) is 0 Å². The summed E-state index contributed by atoms with van der Waals surface area (Å²) in [4.78, 5) is 29.8. The zero-order valence-electron chi connectivity index (χ0n) is 26.8. The van der Waals surface area contributed by atoms with Crippen molar-refractivity contribution < 1.29 is 22.7 Å². The SMILES string of the molecule is CCOc1ccc(S(=O)(=O)N(CC(=O)N(Cc2c(Cl)cccc2Cl)[C@H](Cc2ccccc2)C(=O)NC(C)C)c2ccc(C)cc2)cc1. The van der Waals surface area contributed by atoms with E-state index in [9.17, 15) is 18.0 Å². The second-order valence-electron chi connectivity index (χ2n) is 11.3. The Bertz CT molecular complexity index is 1750. The minimum Gasteiger partial charge on any atom is -0.494 e. The van der Waals surface area contributed by atoms with E-state index in [2.05, 4.69) is 5.32 Å². The van der Waals surface area contributed by atoms with Gasteiger partial charge in [0.05, 0.1) is 17.2 Å². The molecule has 4 aromatic rings. The maximum Gasteiger partial charge on any atom is 0.264 e. The summed E-state index contributed by atoms with van der Waals surface area (Å²) in [5.41, 5.74) is 2.47. The number of rotatable bonds is 14. The van der Waals surface area contributed by atoms with Gasteiger partial charge in [-0.05, 0) is 81.8 Å². The van der Waals surface area contributed by atoms with Gasteiger partial charge in [-0.25, -0.2) is 8.42 Å². The molecule has 47 heavy (non-hydrogen) atoms. The molecule has 0 aliphatic carbocycles. The number of hydrogen-bond donors (Lipinski definition) is 1. The molecule has 0 heterocycles. The summed E-state index contributed by atoms with van der Waals surface area (Å²) in [6, 6.07) is 26.0. The number of nitrogens with zero attached hydrogens (tertiary/aromatic N) is 2. The Morgan fingerprint density at radius 1 is 0.851 bits per heavy atom. The molecule has 0 aliphatic heterocycles. The molecule has 0 aliphatic rings. The molecule has 11 heteroatoms. The molecule has 0 saturated heterocycles. The molecule has 1 N–H and O–H groups in total. The van der Waals surface area contributed by atoms with Gasteiger partial charge < -0.3 is 15.0 Å². The Balaban J connectivity index is 1.82. The van der Waals surface area contributed by atoms with E-state index in [0.29, 0.717) is 33.7 Å². The summed E-state index contributed by atoms with van der Waals surface area (Å²) in [6.07, 6.45) is 0.170. The molecule has 0 fully saturated rings. The quantitative estimate of drug-likeness (QED) is 0.152. The van der Waals surface area contributed by atoms with E-state index >= 15 is 0 Å². The van der Waals surface area contributed by atoms with Crippen molar-refractivity contribution in [2.45, 2.75) is 57.6 Å². The minimum absolute atomic E-state index is 0.0200. The minimum atomic E-state index is -4.26. The number of sulfonamides is 1. The van der Waals surface area contributed by atoms with Crippen molar-refractivity contribution in [3.05, 3.63) is 124 Å². The highest BCUT2D eigenvalue weighted by Gasteiger charge is 2.35. The van der Waals surface area contributed by atoms with Crippen LogP contribution in [0.15, 0.2) is 102 Å². The predicted octanol–water partition coefficient (Wildman–Crippen LogP) is 7.06. The lowest BCUT2D eigenvalue weighted by atomic mass is 10.0. The van der Waals surface area contributed by atoms with Crippen LogP contribution in [0, 0.1) is 6.92 Å². The van der Waals surface area contributed by atoms with E-state index in [1.54, 1.807) is 54.6 Å². The second-order valence-corrected chi connectivity index (χ2v) is 14.0. The lowest BCUT2D eigenvalue weighted by Crippen LogP contribution is -2.54. The fourth-order valence-electron chi connectivity index (χ4n) is 5.03. The number of benzene rings is 4. The summed E-state index contributed by atoms with van der Waals surface area (Å²) in [5, 5.41) is 3.56. The number of halogens is 2. The highest BCUT2D eigenvalue weighted by Crippen LogP contribution is 2.29. The first kappa shape index (κ1) is 35.8. The van der Waals surface area contributed by atoms with Crippen LogP contribution in [0.2, 0.25) is 10.0 Å². The van der Waals surface area contributed by atoms with Crippen LogP contribution in [0.3, 0.4) is 0 Å². The summed E-state index contributed by atoms with van der Waals surface area (Å²) >= 11 is 13.1. The zero-order valence-corrected chi connectivity index (χ0v) is 29.1. The van der Waals surface area contributed by atoms with Gasteiger partial charge >= 0.3 is 0 Å². The molecule has 0 saturated carbocycles.